The van der Waals surface area contributed by atoms with Gasteiger partial charge >= 0.3 is 42.3 Å². The van der Waals surface area contributed by atoms with Gasteiger partial charge in [-0.15, -0.1) is 0 Å². The number of methoxy groups -OCH3 is 6. The molecule has 3 aliphatic rings. The molecule has 0 aromatic heterocycles. The number of nitrogens with one attached hydrogen (secondary N) is 10. The number of carbonyl (C=O) groups is 13. The van der Waals surface area contributed by atoms with Crippen LogP contribution in [0.25, 0.3) is 0 Å². The van der Waals surface area contributed by atoms with Gasteiger partial charge in [0.2, 0.25) is 35.4 Å². The minimum Gasteiger partial charge on any atom is -0.479 e. The maximum Gasteiger partial charge on any atom is 0.407 e. The summed E-state index contributed by atoms with van der Waals surface area (Å²) in [6.45, 7) is 9.18. The highest BCUT2D eigenvalue weighted by Crippen LogP contribution is 2.40. The molecule has 21 unspecified atom stereocenters. The van der Waals surface area contributed by atoms with Crippen LogP contribution in [0.15, 0.2) is 0 Å². The van der Waals surface area contributed by atoms with E-state index in [0.29, 0.717) is 71.4 Å². The monoisotopic (exact) mass is 2130 g/mol. The van der Waals surface area contributed by atoms with Gasteiger partial charge in [-0.1, -0.05) is 49.0 Å². The highest BCUT2D eigenvalue weighted by Gasteiger charge is 2.58. The molecule has 3 rings (SSSR count). The summed E-state index contributed by atoms with van der Waals surface area (Å²) in [5, 5.41) is 177. The van der Waals surface area contributed by atoms with Crippen molar-refractivity contribution in [3.8, 4) is 0 Å². The summed E-state index contributed by atoms with van der Waals surface area (Å²) in [5.74, 6) is -9.18. The SMILES string of the molecule is C.COCCOCCOC(=O)NC(COCCOC)C(=O)NCC(=O)NC1C(O)CC(CC(C)C)(C(=O)O)OC1C(O)C(O)CO.COCCOCCOC(=O)NC(CSCCOC)C(=O)NCC(=O)NC1C(O)CC(CC(C)C)(C(=O)O)OC1C(O)C(O)CO.COCCOCCOC(=O)NCCCCC(NC(=O)OCCOCCOC)C(=O)NCC(=O)NC1C(O)CC(CC(C)C)(C(=O)O)OC1C(O)C(O)CO. The van der Waals surface area contributed by atoms with Crippen LogP contribution in [0.3, 0.4) is 0 Å². The number of carboxylic acids is 3. The Kier molecular flexibility index (Phi) is 72.6. The second-order valence-corrected chi connectivity index (χ2v) is 35.7. The number of carbonyl (C=O) groups excluding carboxylic acids is 10. The van der Waals surface area contributed by atoms with Crippen molar-refractivity contribution in [2.75, 3.05) is 232 Å². The summed E-state index contributed by atoms with van der Waals surface area (Å²) in [5.41, 5.74) is -5.85. The van der Waals surface area contributed by atoms with Gasteiger partial charge in [-0.05, 0) is 56.3 Å². The summed E-state index contributed by atoms with van der Waals surface area (Å²) in [4.78, 5) is 163. The summed E-state index contributed by atoms with van der Waals surface area (Å²) < 4.78 is 92.9. The van der Waals surface area contributed by atoms with E-state index >= 15 is 0 Å². The van der Waals surface area contributed by atoms with Gasteiger partial charge in [0.1, 0.15) is 99.5 Å². The molecule has 3 aliphatic heterocycles. The fraction of sp³-hybridized carbons (Fsp3) is 0.852. The van der Waals surface area contributed by atoms with Crippen LogP contribution >= 0.6 is 11.8 Å². The molecule has 0 spiro atoms. The quantitative estimate of drug-likeness (QED) is 0.0199. The molecular formula is C88H162N10O46S. The Balaban J connectivity index is 0.00000215. The second-order valence-electron chi connectivity index (χ2n) is 34.5. The molecule has 0 radical (unpaired) electrons. The zero-order valence-electron chi connectivity index (χ0n) is 83.8. The lowest BCUT2D eigenvalue weighted by Gasteiger charge is -2.47. The Morgan fingerprint density at radius 1 is 0.359 bits per heavy atom. The van der Waals surface area contributed by atoms with E-state index in [1.54, 1.807) is 41.5 Å². The number of hydrogen-bond donors (Lipinski definition) is 25. The molecule has 25 N–H and O–H groups in total. The fourth-order valence-corrected chi connectivity index (χ4v) is 15.4. The molecule has 57 heteroatoms. The molecular weight excluding hydrogens is 1970 g/mol. The van der Waals surface area contributed by atoms with Crippen molar-refractivity contribution in [2.45, 2.75) is 233 Å². The third-order valence-corrected chi connectivity index (χ3v) is 22.4. The third kappa shape index (κ3) is 54.1. The summed E-state index contributed by atoms with van der Waals surface area (Å²) in [6.07, 6.45) is -24.9. The van der Waals surface area contributed by atoms with Crippen LogP contribution in [-0.4, -0.2) is 513 Å². The van der Waals surface area contributed by atoms with Crippen molar-refractivity contribution >= 4 is 89.5 Å². The maximum absolute atomic E-state index is 13.2. The first-order chi connectivity index (χ1) is 68.3. The molecule has 0 aromatic carbocycles. The first kappa shape index (κ1) is 137. The molecule has 0 saturated carbocycles. The summed E-state index contributed by atoms with van der Waals surface area (Å²) >= 11 is 1.31. The maximum atomic E-state index is 13.2. The minimum atomic E-state index is -1.97. The predicted molar refractivity (Wildman–Crippen MR) is 505 cm³/mol. The number of aliphatic carboxylic acids is 3. The Bertz CT molecular complexity index is 3520. The first-order valence-corrected chi connectivity index (χ1v) is 48.0. The van der Waals surface area contributed by atoms with Crippen LogP contribution in [0.1, 0.15) is 107 Å². The van der Waals surface area contributed by atoms with Crippen LogP contribution < -0.4 is 53.2 Å². The molecule has 846 valence electrons. The van der Waals surface area contributed by atoms with Gasteiger partial charge in [-0.2, -0.15) is 11.8 Å². The Morgan fingerprint density at radius 3 is 0.931 bits per heavy atom. The number of unbranched alkanes of at least 4 members (excludes halogenated alkanes) is 1. The normalized spacial score (nSPS) is 22.6. The molecule has 0 aliphatic carbocycles. The van der Waals surface area contributed by atoms with E-state index in [0.717, 1.165) is 0 Å². The number of amides is 10. The predicted octanol–water partition coefficient (Wildman–Crippen LogP) is -7.53. The average molecular weight is 2130 g/mol. The second kappa shape index (κ2) is 77.0. The van der Waals surface area contributed by atoms with Gasteiger partial charge in [-0.3, -0.25) is 28.8 Å². The summed E-state index contributed by atoms with van der Waals surface area (Å²) in [6, 6.07) is -7.89. The van der Waals surface area contributed by atoms with Gasteiger partial charge in [0, 0.05) is 80.0 Å². The lowest BCUT2D eigenvalue weighted by Crippen LogP contribution is -2.68. The van der Waals surface area contributed by atoms with E-state index in [-0.39, 0.29) is 142 Å². The average Bonchev–Trinajstić information content (AvgIpc) is 0.773. The fourth-order valence-electron chi connectivity index (χ4n) is 14.5. The third-order valence-electron chi connectivity index (χ3n) is 21.4. The summed E-state index contributed by atoms with van der Waals surface area (Å²) in [7, 11) is 9.03. The van der Waals surface area contributed by atoms with Crippen molar-refractivity contribution in [2.24, 2.45) is 17.8 Å². The van der Waals surface area contributed by atoms with Crippen molar-refractivity contribution in [3.05, 3.63) is 0 Å². The van der Waals surface area contributed by atoms with Crippen molar-refractivity contribution in [1.29, 1.82) is 0 Å². The van der Waals surface area contributed by atoms with Crippen molar-refractivity contribution in [3.63, 3.8) is 0 Å². The van der Waals surface area contributed by atoms with Crippen LogP contribution in [0.5, 0.6) is 0 Å². The lowest BCUT2D eigenvalue weighted by atomic mass is 9.79. The lowest BCUT2D eigenvalue weighted by molar-refractivity contribution is -0.233. The van der Waals surface area contributed by atoms with Crippen molar-refractivity contribution < 1.29 is 224 Å². The molecule has 3 saturated heterocycles. The number of rotatable bonds is 72. The van der Waals surface area contributed by atoms with E-state index in [1.165, 1.54) is 54.4 Å². The van der Waals surface area contributed by atoms with Crippen LogP contribution in [0.2, 0.25) is 0 Å². The largest absolute Gasteiger partial charge is 0.479 e. The van der Waals surface area contributed by atoms with Gasteiger partial charge in [0.15, 0.2) is 16.8 Å². The Morgan fingerprint density at radius 2 is 0.634 bits per heavy atom. The molecule has 10 amide bonds. The molecule has 145 heavy (non-hydrogen) atoms. The molecule has 21 atom stereocenters. The van der Waals surface area contributed by atoms with E-state index in [2.05, 4.69) is 53.2 Å². The standard InChI is InChI=1S/C33H60N4O17.C27H49N3O15.C27H49N3O14S.CH4/c1-21(2)17-33(30(44)45)18-23(39)26(28(54-33)27(42)24(40)20-38)37-25(41)19-35-29(43)22(36-32(47)53-16-14-51-12-10-49-4)7-5-6-8-34-31(46)52-15-13-50-11-9-48-3;1-16(2)11-27(25(37)38)12-18(32)21(23(45-27)22(35)19(33)14-31)30-20(34)13-28-24(36)17(15-43-8-6-41-4)29-26(39)44-10-9-42-7-5-40-3;1-16(2)11-27(25(37)38)12-18(32)21(23(44-27)22(35)19(33)14-31)30-20(34)13-28-24(36)17(15-45-10-9-41-4)29-26(39)43-8-7-42-6-5-40-3;/h21-24,26-28,38-40,42H,5-20H2,1-4H3,(H,34,46)(H,35,43)(H,36,47)(H,37,41)(H,44,45);2*16-19,21-23,31-33,35H,5-15H2,1-4H3,(H,28,36)(H,29,39)(H,30,34)(H,37,38);1H4. The highest BCUT2D eigenvalue weighted by molar-refractivity contribution is 7.99. The number of thioether (sulfide) groups is 1. The van der Waals surface area contributed by atoms with Crippen LogP contribution in [0, 0.1) is 17.8 Å². The van der Waals surface area contributed by atoms with E-state index in [4.69, 9.17) is 85.3 Å². The topological polar surface area (TPSA) is 812 Å². The zero-order chi connectivity index (χ0) is 109. The number of aliphatic hydroxyl groups is 12. The molecule has 56 nitrogen and oxygen atoms in total. The van der Waals surface area contributed by atoms with Gasteiger partial charge in [0.05, 0.1) is 182 Å². The smallest absolute Gasteiger partial charge is 0.407 e. The minimum absolute atomic E-state index is 0. The Hall–Kier alpha value is -8.38. The number of ether oxygens (including phenoxy) is 18. The van der Waals surface area contributed by atoms with Gasteiger partial charge in [-0.25, -0.2) is 33.6 Å². The zero-order valence-corrected chi connectivity index (χ0v) is 84.6. The van der Waals surface area contributed by atoms with Crippen molar-refractivity contribution in [1.82, 2.24) is 53.2 Å². The van der Waals surface area contributed by atoms with E-state index < -0.39 is 263 Å². The van der Waals surface area contributed by atoms with Gasteiger partial charge in [0.25, 0.3) is 0 Å². The first-order valence-electron chi connectivity index (χ1n) is 46.8. The van der Waals surface area contributed by atoms with Crippen LogP contribution in [-0.2, 0) is 128 Å². The number of hydrogen-bond acceptors (Lipinski definition) is 44. The highest BCUT2D eigenvalue weighted by atomic mass is 32.2. The number of alkyl carbamates (subject to hydrolysis) is 4. The molecule has 0 bridgehead atoms. The van der Waals surface area contributed by atoms with E-state index in [1.807, 2.05) is 0 Å². The number of aliphatic hydroxyl groups excluding tert-OH is 12. The molecule has 0 aromatic rings. The Labute approximate surface area is 846 Å². The molecule has 3 fully saturated rings. The van der Waals surface area contributed by atoms with Crippen LogP contribution in [0.4, 0.5) is 19.2 Å². The van der Waals surface area contributed by atoms with Gasteiger partial charge < -0.3 is 215 Å². The van der Waals surface area contributed by atoms with E-state index in [9.17, 15) is 139 Å². The molecule has 3 heterocycles. The number of carboxylic acid groups (broad SMARTS) is 3.